The van der Waals surface area contributed by atoms with Crippen molar-refractivity contribution in [3.63, 3.8) is 0 Å². The average Bonchev–Trinajstić information content (AvgIpc) is 2.46. The Hall–Kier alpha value is -2.19. The maximum absolute atomic E-state index is 5.90. The maximum atomic E-state index is 5.90. The fourth-order valence-corrected chi connectivity index (χ4v) is 3.46. The standard InChI is InChI=1S/C19H14OS/c1-11-9-12(2)17-16(10-11)20-19(21)15-8-7-13-5-3-4-6-14(13)18(15)17/h3-10H,1-2H3. The van der Waals surface area contributed by atoms with Crippen molar-refractivity contribution in [2.75, 3.05) is 0 Å². The van der Waals surface area contributed by atoms with Crippen LogP contribution in [0.15, 0.2) is 52.9 Å². The minimum atomic E-state index is 0.563. The Morgan fingerprint density at radius 3 is 2.52 bits per heavy atom. The Morgan fingerprint density at radius 1 is 0.857 bits per heavy atom. The highest BCUT2D eigenvalue weighted by atomic mass is 32.1. The van der Waals surface area contributed by atoms with Crippen LogP contribution in [0.5, 0.6) is 0 Å². The normalized spacial score (nSPS) is 11.5. The van der Waals surface area contributed by atoms with Gasteiger partial charge in [0.2, 0.25) is 0 Å². The monoisotopic (exact) mass is 290 g/mol. The molecule has 0 saturated carbocycles. The first-order valence-electron chi connectivity index (χ1n) is 7.01. The lowest BCUT2D eigenvalue weighted by Gasteiger charge is -2.10. The first-order valence-corrected chi connectivity index (χ1v) is 7.41. The van der Waals surface area contributed by atoms with Crippen molar-refractivity contribution >= 4 is 44.7 Å². The summed E-state index contributed by atoms with van der Waals surface area (Å²) in [6, 6.07) is 16.9. The van der Waals surface area contributed by atoms with Gasteiger partial charge in [-0.25, -0.2) is 0 Å². The van der Waals surface area contributed by atoms with Crippen molar-refractivity contribution in [2.24, 2.45) is 0 Å². The van der Waals surface area contributed by atoms with Gasteiger partial charge in [-0.05, 0) is 60.1 Å². The van der Waals surface area contributed by atoms with Gasteiger partial charge in [0.1, 0.15) is 5.58 Å². The molecule has 102 valence electrons. The molecule has 1 nitrogen and oxygen atoms in total. The lowest BCUT2D eigenvalue weighted by molar-refractivity contribution is 0.594. The second kappa shape index (κ2) is 4.40. The number of benzene rings is 3. The predicted octanol–water partition coefficient (Wildman–Crippen LogP) is 6.09. The van der Waals surface area contributed by atoms with Crippen molar-refractivity contribution < 1.29 is 4.42 Å². The van der Waals surface area contributed by atoms with Crippen LogP contribution in [-0.2, 0) is 0 Å². The highest BCUT2D eigenvalue weighted by molar-refractivity contribution is 7.71. The van der Waals surface area contributed by atoms with Crippen LogP contribution in [0.25, 0.3) is 32.5 Å². The van der Waals surface area contributed by atoms with Gasteiger partial charge >= 0.3 is 0 Å². The molecule has 1 heterocycles. The Morgan fingerprint density at radius 2 is 1.67 bits per heavy atom. The van der Waals surface area contributed by atoms with Crippen LogP contribution in [-0.4, -0.2) is 0 Å². The molecular formula is C19H14OS. The summed E-state index contributed by atoms with van der Waals surface area (Å²) < 4.78 is 6.46. The molecular weight excluding hydrogens is 276 g/mol. The molecule has 3 aromatic carbocycles. The third kappa shape index (κ3) is 1.79. The summed E-state index contributed by atoms with van der Waals surface area (Å²) in [5, 5.41) is 5.85. The quantitative estimate of drug-likeness (QED) is 0.287. The van der Waals surface area contributed by atoms with Crippen molar-refractivity contribution in [2.45, 2.75) is 13.8 Å². The fraction of sp³-hybridized carbons (Fsp3) is 0.105. The molecule has 0 bridgehead atoms. The molecule has 0 atom stereocenters. The van der Waals surface area contributed by atoms with Gasteiger partial charge in [-0.15, -0.1) is 0 Å². The molecule has 1 aromatic heterocycles. The first-order chi connectivity index (χ1) is 10.1. The topological polar surface area (TPSA) is 13.1 Å². The van der Waals surface area contributed by atoms with Crippen molar-refractivity contribution in [3.05, 3.63) is 64.4 Å². The third-order valence-corrected chi connectivity index (χ3v) is 4.35. The van der Waals surface area contributed by atoms with Crippen LogP contribution in [0.3, 0.4) is 0 Å². The van der Waals surface area contributed by atoms with E-state index in [1.54, 1.807) is 0 Å². The molecule has 4 aromatic rings. The predicted molar refractivity (Wildman–Crippen MR) is 91.5 cm³/mol. The zero-order valence-corrected chi connectivity index (χ0v) is 12.8. The molecule has 0 amide bonds. The highest BCUT2D eigenvalue weighted by Crippen LogP contribution is 2.35. The zero-order valence-electron chi connectivity index (χ0n) is 11.9. The van der Waals surface area contributed by atoms with E-state index in [-0.39, 0.29) is 0 Å². The molecule has 21 heavy (non-hydrogen) atoms. The summed E-state index contributed by atoms with van der Waals surface area (Å²) >= 11 is 5.46. The lowest BCUT2D eigenvalue weighted by Crippen LogP contribution is -1.87. The van der Waals surface area contributed by atoms with E-state index in [1.165, 1.54) is 32.7 Å². The van der Waals surface area contributed by atoms with Crippen LogP contribution >= 0.6 is 12.2 Å². The van der Waals surface area contributed by atoms with E-state index in [1.807, 2.05) is 0 Å². The largest absolute Gasteiger partial charge is 0.445 e. The van der Waals surface area contributed by atoms with E-state index in [2.05, 4.69) is 62.4 Å². The molecule has 0 unspecified atom stereocenters. The van der Waals surface area contributed by atoms with Crippen molar-refractivity contribution in [3.8, 4) is 0 Å². The van der Waals surface area contributed by atoms with Crippen LogP contribution in [0.2, 0.25) is 0 Å². The van der Waals surface area contributed by atoms with Gasteiger partial charge < -0.3 is 4.42 Å². The Labute approximate surface area is 127 Å². The summed E-state index contributed by atoms with van der Waals surface area (Å²) in [7, 11) is 0. The Bertz CT molecular complexity index is 1070. The Balaban J connectivity index is 2.43. The second-order valence-corrected chi connectivity index (χ2v) is 5.92. The van der Waals surface area contributed by atoms with Crippen LogP contribution in [0, 0.1) is 18.6 Å². The van der Waals surface area contributed by atoms with Gasteiger partial charge in [-0.2, -0.15) is 0 Å². The van der Waals surface area contributed by atoms with E-state index in [0.29, 0.717) is 4.71 Å². The maximum Gasteiger partial charge on any atom is 0.198 e. The van der Waals surface area contributed by atoms with E-state index in [9.17, 15) is 0 Å². The van der Waals surface area contributed by atoms with E-state index >= 15 is 0 Å². The zero-order chi connectivity index (χ0) is 14.6. The van der Waals surface area contributed by atoms with Crippen LogP contribution in [0.1, 0.15) is 11.1 Å². The molecule has 2 heteroatoms. The van der Waals surface area contributed by atoms with Gasteiger partial charge in [0, 0.05) is 16.2 Å². The van der Waals surface area contributed by atoms with E-state index in [4.69, 9.17) is 16.6 Å². The number of hydrogen-bond donors (Lipinski definition) is 0. The summed E-state index contributed by atoms with van der Waals surface area (Å²) in [5.74, 6) is 0. The Kier molecular flexibility index (Phi) is 2.63. The molecule has 0 fully saturated rings. The fourth-order valence-electron chi connectivity index (χ4n) is 3.20. The molecule has 0 radical (unpaired) electrons. The van der Waals surface area contributed by atoms with Crippen molar-refractivity contribution in [1.82, 2.24) is 0 Å². The molecule has 0 N–H and O–H groups in total. The van der Waals surface area contributed by atoms with Gasteiger partial charge in [0.15, 0.2) is 4.71 Å². The SMILES string of the molecule is Cc1cc(C)c2c(c1)oc(=S)c1ccc3ccccc3c12. The molecule has 0 aliphatic heterocycles. The molecule has 0 spiro atoms. The first kappa shape index (κ1) is 12.5. The summed E-state index contributed by atoms with van der Waals surface area (Å²) in [6.45, 7) is 4.22. The van der Waals surface area contributed by atoms with Gasteiger partial charge in [0.05, 0.1) is 0 Å². The number of fused-ring (bicyclic) bond motifs is 5. The minimum Gasteiger partial charge on any atom is -0.445 e. The van der Waals surface area contributed by atoms with Crippen LogP contribution in [0.4, 0.5) is 0 Å². The molecule has 0 aliphatic carbocycles. The lowest BCUT2D eigenvalue weighted by atomic mass is 9.97. The summed E-state index contributed by atoms with van der Waals surface area (Å²) in [5.41, 5.74) is 3.30. The third-order valence-electron chi connectivity index (χ3n) is 4.05. The summed E-state index contributed by atoms with van der Waals surface area (Å²) in [4.78, 5) is 0. The average molecular weight is 290 g/mol. The van der Waals surface area contributed by atoms with Gasteiger partial charge in [0.25, 0.3) is 0 Å². The molecule has 0 aliphatic rings. The molecule has 0 saturated heterocycles. The van der Waals surface area contributed by atoms with Crippen LogP contribution < -0.4 is 0 Å². The van der Waals surface area contributed by atoms with E-state index in [0.717, 1.165) is 11.0 Å². The van der Waals surface area contributed by atoms with Gasteiger partial charge in [-0.1, -0.05) is 36.4 Å². The smallest absolute Gasteiger partial charge is 0.198 e. The summed E-state index contributed by atoms with van der Waals surface area (Å²) in [6.07, 6.45) is 0. The number of rotatable bonds is 0. The minimum absolute atomic E-state index is 0.563. The van der Waals surface area contributed by atoms with E-state index < -0.39 is 0 Å². The second-order valence-electron chi connectivity index (χ2n) is 5.55. The highest BCUT2D eigenvalue weighted by Gasteiger charge is 2.11. The number of hydrogen-bond acceptors (Lipinski definition) is 2. The molecule has 4 rings (SSSR count). The van der Waals surface area contributed by atoms with Crippen molar-refractivity contribution in [1.29, 1.82) is 0 Å². The van der Waals surface area contributed by atoms with Gasteiger partial charge in [-0.3, -0.25) is 0 Å². The number of aryl methyl sites for hydroxylation is 2.